The monoisotopic (exact) mass is 291 g/mol. The molecule has 0 bridgehead atoms. The molecule has 0 aliphatic carbocycles. The van der Waals surface area contributed by atoms with Crippen molar-refractivity contribution in [3.63, 3.8) is 0 Å². The van der Waals surface area contributed by atoms with Crippen molar-refractivity contribution >= 4 is 11.9 Å². The lowest BCUT2D eigenvalue weighted by atomic mass is 9.90. The summed E-state index contributed by atoms with van der Waals surface area (Å²) in [6.07, 6.45) is 1.55. The first-order valence-electron chi connectivity index (χ1n) is 7.09. The number of nitrogens with zero attached hydrogens (tertiary/aromatic N) is 1. The first-order chi connectivity index (χ1) is 9.94. The third-order valence-corrected chi connectivity index (χ3v) is 4.10. The Balaban J connectivity index is 1.89. The van der Waals surface area contributed by atoms with E-state index in [1.165, 1.54) is 0 Å². The molecule has 1 heterocycles. The number of aryl methyl sites for hydroxylation is 1. The molecule has 114 valence electrons. The molecule has 1 fully saturated rings. The molecular formula is C16H21NO4. The highest BCUT2D eigenvalue weighted by molar-refractivity contribution is 5.80. The zero-order valence-corrected chi connectivity index (χ0v) is 12.5. The van der Waals surface area contributed by atoms with Crippen LogP contribution < -0.4 is 4.74 Å². The maximum atomic E-state index is 12.2. The van der Waals surface area contributed by atoms with Crippen molar-refractivity contribution in [3.05, 3.63) is 29.8 Å². The van der Waals surface area contributed by atoms with E-state index in [2.05, 4.69) is 0 Å². The summed E-state index contributed by atoms with van der Waals surface area (Å²) < 4.78 is 5.15. The van der Waals surface area contributed by atoms with Gasteiger partial charge in [-0.15, -0.1) is 0 Å². The van der Waals surface area contributed by atoms with E-state index in [0.717, 1.165) is 11.3 Å². The first kappa shape index (κ1) is 15.4. The number of carbonyl (C=O) groups excluding carboxylic acids is 1. The van der Waals surface area contributed by atoms with Crippen LogP contribution in [0.3, 0.4) is 0 Å². The summed E-state index contributed by atoms with van der Waals surface area (Å²) in [5.41, 5.74) is 0.244. The smallest absolute Gasteiger partial charge is 0.311 e. The maximum Gasteiger partial charge on any atom is 0.311 e. The Morgan fingerprint density at radius 3 is 2.81 bits per heavy atom. The van der Waals surface area contributed by atoms with E-state index in [0.29, 0.717) is 32.4 Å². The minimum atomic E-state index is -0.828. The second-order valence-corrected chi connectivity index (χ2v) is 5.78. The number of carboxylic acid groups (broad SMARTS) is 1. The van der Waals surface area contributed by atoms with Gasteiger partial charge in [-0.25, -0.2) is 0 Å². The number of carbonyl (C=O) groups is 2. The van der Waals surface area contributed by atoms with Gasteiger partial charge in [-0.1, -0.05) is 12.1 Å². The summed E-state index contributed by atoms with van der Waals surface area (Å²) in [5, 5.41) is 9.19. The van der Waals surface area contributed by atoms with E-state index < -0.39 is 11.4 Å². The fourth-order valence-electron chi connectivity index (χ4n) is 2.59. The van der Waals surface area contributed by atoms with Gasteiger partial charge in [-0.3, -0.25) is 9.59 Å². The van der Waals surface area contributed by atoms with E-state index in [1.54, 1.807) is 18.9 Å². The zero-order chi connectivity index (χ0) is 15.5. The lowest BCUT2D eigenvalue weighted by Gasteiger charge is -2.20. The van der Waals surface area contributed by atoms with Crippen LogP contribution in [0.15, 0.2) is 24.3 Å². The molecule has 0 spiro atoms. The normalized spacial score (nSPS) is 21.3. The molecule has 1 amide bonds. The molecule has 0 aromatic heterocycles. The predicted molar refractivity (Wildman–Crippen MR) is 78.3 cm³/mol. The number of likely N-dealkylation sites (tertiary alicyclic amines) is 1. The van der Waals surface area contributed by atoms with Crippen LogP contribution >= 0.6 is 0 Å². The van der Waals surface area contributed by atoms with Gasteiger partial charge in [0.2, 0.25) is 5.91 Å². The van der Waals surface area contributed by atoms with Crippen LogP contribution in [-0.4, -0.2) is 42.1 Å². The molecule has 1 aromatic carbocycles. The van der Waals surface area contributed by atoms with Crippen LogP contribution in [0.4, 0.5) is 0 Å². The Labute approximate surface area is 124 Å². The molecule has 1 N–H and O–H groups in total. The SMILES string of the molecule is COc1cccc(CCC(=O)N2CC[C@](C)(C(=O)O)C2)c1. The largest absolute Gasteiger partial charge is 0.497 e. The summed E-state index contributed by atoms with van der Waals surface area (Å²) in [4.78, 5) is 25.0. The maximum absolute atomic E-state index is 12.2. The van der Waals surface area contributed by atoms with Gasteiger partial charge in [0.05, 0.1) is 12.5 Å². The van der Waals surface area contributed by atoms with Gasteiger partial charge >= 0.3 is 5.97 Å². The molecule has 5 heteroatoms. The van der Waals surface area contributed by atoms with Crippen LogP contribution in [0.2, 0.25) is 0 Å². The summed E-state index contributed by atoms with van der Waals surface area (Å²) in [5.74, 6) is -0.0343. The minimum Gasteiger partial charge on any atom is -0.497 e. The molecule has 1 aliphatic rings. The number of benzene rings is 1. The number of methoxy groups -OCH3 is 1. The number of carboxylic acids is 1. The van der Waals surface area contributed by atoms with Gasteiger partial charge in [-0.05, 0) is 37.5 Å². The fourth-order valence-corrected chi connectivity index (χ4v) is 2.59. The van der Waals surface area contributed by atoms with Crippen LogP contribution in [0.1, 0.15) is 25.3 Å². The van der Waals surface area contributed by atoms with Gasteiger partial charge in [-0.2, -0.15) is 0 Å². The topological polar surface area (TPSA) is 66.8 Å². The average molecular weight is 291 g/mol. The summed E-state index contributed by atoms with van der Waals surface area (Å²) in [6.45, 7) is 2.53. The highest BCUT2D eigenvalue weighted by atomic mass is 16.5. The van der Waals surface area contributed by atoms with Crippen LogP contribution in [0.25, 0.3) is 0 Å². The Morgan fingerprint density at radius 1 is 1.43 bits per heavy atom. The zero-order valence-electron chi connectivity index (χ0n) is 12.5. The van der Waals surface area contributed by atoms with Crippen LogP contribution in [0, 0.1) is 5.41 Å². The fraction of sp³-hybridized carbons (Fsp3) is 0.500. The molecule has 0 saturated carbocycles. The Hall–Kier alpha value is -2.04. The van der Waals surface area contributed by atoms with Gasteiger partial charge in [0, 0.05) is 19.5 Å². The third kappa shape index (κ3) is 3.54. The Morgan fingerprint density at radius 2 is 2.19 bits per heavy atom. The van der Waals surface area contributed by atoms with Crippen LogP contribution in [0.5, 0.6) is 5.75 Å². The molecule has 5 nitrogen and oxygen atoms in total. The third-order valence-electron chi connectivity index (χ3n) is 4.10. The number of rotatable bonds is 5. The van der Waals surface area contributed by atoms with E-state index >= 15 is 0 Å². The average Bonchev–Trinajstić information content (AvgIpc) is 2.89. The lowest BCUT2D eigenvalue weighted by molar-refractivity contribution is -0.147. The highest BCUT2D eigenvalue weighted by Gasteiger charge is 2.41. The minimum absolute atomic E-state index is 0.0165. The van der Waals surface area contributed by atoms with Crippen molar-refractivity contribution in [1.29, 1.82) is 0 Å². The van der Waals surface area contributed by atoms with Crippen LogP contribution in [-0.2, 0) is 16.0 Å². The standard InChI is InChI=1S/C16H21NO4/c1-16(15(19)20)8-9-17(11-16)14(18)7-6-12-4-3-5-13(10-12)21-2/h3-5,10H,6-9,11H2,1-2H3,(H,19,20)/t16-/m0/s1. The molecule has 0 unspecified atom stereocenters. The van der Waals surface area contributed by atoms with E-state index in [-0.39, 0.29) is 5.91 Å². The Kier molecular flexibility index (Phi) is 4.50. The summed E-state index contributed by atoms with van der Waals surface area (Å²) in [7, 11) is 1.61. The second-order valence-electron chi connectivity index (χ2n) is 5.78. The van der Waals surface area contributed by atoms with Gasteiger partial charge in [0.1, 0.15) is 5.75 Å². The van der Waals surface area contributed by atoms with Crippen molar-refractivity contribution in [2.45, 2.75) is 26.2 Å². The van der Waals surface area contributed by atoms with Gasteiger partial charge in [0.25, 0.3) is 0 Å². The number of aliphatic carboxylic acids is 1. The first-order valence-corrected chi connectivity index (χ1v) is 7.09. The Bertz CT molecular complexity index is 543. The van der Waals surface area contributed by atoms with Crippen molar-refractivity contribution < 1.29 is 19.4 Å². The predicted octanol–water partition coefficient (Wildman–Crippen LogP) is 1.95. The van der Waals surface area contributed by atoms with Crippen molar-refractivity contribution in [1.82, 2.24) is 4.90 Å². The molecule has 21 heavy (non-hydrogen) atoms. The van der Waals surface area contributed by atoms with Crippen molar-refractivity contribution in [3.8, 4) is 5.75 Å². The van der Waals surface area contributed by atoms with Crippen molar-refractivity contribution in [2.24, 2.45) is 5.41 Å². The number of amides is 1. The quantitative estimate of drug-likeness (QED) is 0.900. The van der Waals surface area contributed by atoms with E-state index in [4.69, 9.17) is 4.74 Å². The van der Waals surface area contributed by atoms with Gasteiger partial charge in [0.15, 0.2) is 0 Å². The van der Waals surface area contributed by atoms with Crippen molar-refractivity contribution in [2.75, 3.05) is 20.2 Å². The molecule has 1 aromatic rings. The molecule has 1 saturated heterocycles. The summed E-state index contributed by atoms with van der Waals surface area (Å²) >= 11 is 0. The number of ether oxygens (including phenoxy) is 1. The molecule has 1 aliphatic heterocycles. The van der Waals surface area contributed by atoms with E-state index in [1.807, 2.05) is 24.3 Å². The molecule has 0 radical (unpaired) electrons. The number of hydrogen-bond acceptors (Lipinski definition) is 3. The second kappa shape index (κ2) is 6.16. The number of hydrogen-bond donors (Lipinski definition) is 1. The van der Waals surface area contributed by atoms with E-state index in [9.17, 15) is 14.7 Å². The lowest BCUT2D eigenvalue weighted by Crippen LogP contribution is -2.34. The summed E-state index contributed by atoms with van der Waals surface area (Å²) in [6, 6.07) is 7.64. The molecule has 1 atom stereocenters. The highest BCUT2D eigenvalue weighted by Crippen LogP contribution is 2.30. The molecular weight excluding hydrogens is 270 g/mol. The molecule has 2 rings (SSSR count). The van der Waals surface area contributed by atoms with Gasteiger partial charge < -0.3 is 14.7 Å².